The molecule has 4 aromatic rings. The van der Waals surface area contributed by atoms with Gasteiger partial charge in [-0.3, -0.25) is 4.79 Å². The van der Waals surface area contributed by atoms with Crippen LogP contribution in [0, 0.1) is 6.92 Å². The fourth-order valence-electron chi connectivity index (χ4n) is 3.15. The first-order valence-electron chi connectivity index (χ1n) is 8.27. The van der Waals surface area contributed by atoms with Gasteiger partial charge in [-0.1, -0.05) is 58.4 Å². The van der Waals surface area contributed by atoms with E-state index in [0.717, 1.165) is 38.2 Å². The largest absolute Gasteiger partial charge is 0.294 e. The second kappa shape index (κ2) is 6.50. The summed E-state index contributed by atoms with van der Waals surface area (Å²) in [5.74, 6) is -0.0160. The Balaban J connectivity index is 2.10. The fraction of sp³-hybridized carbons (Fsp3) is 0.0952. The summed E-state index contributed by atoms with van der Waals surface area (Å²) in [6, 6.07) is 18.1. The summed E-state index contributed by atoms with van der Waals surface area (Å²) in [6.07, 6.45) is 1.64. The summed E-state index contributed by atoms with van der Waals surface area (Å²) in [5.41, 5.74) is 5.96. The van der Waals surface area contributed by atoms with Crippen LogP contribution in [-0.2, 0) is 0 Å². The standard InChI is InChI=1S/C21H16BrN3O/c1-13-18(14(2)26)12-23-21-19(15-7-4-3-5-8-15)20(24-25(13)21)16-9-6-10-17(22)11-16/h3-12H,1-2H3. The minimum atomic E-state index is -0.0160. The van der Waals surface area contributed by atoms with Gasteiger partial charge >= 0.3 is 0 Å². The van der Waals surface area contributed by atoms with Gasteiger partial charge in [0.25, 0.3) is 0 Å². The Kier molecular flexibility index (Phi) is 4.17. The van der Waals surface area contributed by atoms with E-state index in [-0.39, 0.29) is 5.78 Å². The number of halogens is 1. The highest BCUT2D eigenvalue weighted by Crippen LogP contribution is 2.35. The Hall–Kier alpha value is -2.79. The molecule has 0 atom stereocenters. The van der Waals surface area contributed by atoms with E-state index >= 15 is 0 Å². The van der Waals surface area contributed by atoms with Crippen LogP contribution in [-0.4, -0.2) is 20.4 Å². The third-order valence-electron chi connectivity index (χ3n) is 4.42. The first kappa shape index (κ1) is 16.7. The van der Waals surface area contributed by atoms with Crippen LogP contribution in [0.5, 0.6) is 0 Å². The van der Waals surface area contributed by atoms with Crippen LogP contribution in [0.15, 0.2) is 65.3 Å². The smallest absolute Gasteiger partial charge is 0.163 e. The van der Waals surface area contributed by atoms with Crippen LogP contribution in [0.1, 0.15) is 23.0 Å². The molecule has 0 spiro atoms. The van der Waals surface area contributed by atoms with Gasteiger partial charge in [-0.2, -0.15) is 5.10 Å². The molecular formula is C21H16BrN3O. The molecule has 0 radical (unpaired) electrons. The van der Waals surface area contributed by atoms with Gasteiger partial charge in [0.05, 0.1) is 16.8 Å². The highest BCUT2D eigenvalue weighted by molar-refractivity contribution is 9.10. The molecule has 0 saturated heterocycles. The summed E-state index contributed by atoms with van der Waals surface area (Å²) >= 11 is 3.53. The Bertz CT molecular complexity index is 1130. The molecule has 0 N–H and O–H groups in total. The van der Waals surface area contributed by atoms with Crippen molar-refractivity contribution in [2.45, 2.75) is 13.8 Å². The molecular weight excluding hydrogens is 390 g/mol. The number of rotatable bonds is 3. The predicted octanol–water partition coefficient (Wildman–Crippen LogP) is 5.34. The van der Waals surface area contributed by atoms with Crippen LogP contribution >= 0.6 is 15.9 Å². The van der Waals surface area contributed by atoms with Crippen LogP contribution in [0.25, 0.3) is 28.0 Å². The van der Waals surface area contributed by atoms with E-state index in [2.05, 4.69) is 20.9 Å². The lowest BCUT2D eigenvalue weighted by atomic mass is 10.0. The minimum Gasteiger partial charge on any atom is -0.294 e. The van der Waals surface area contributed by atoms with E-state index < -0.39 is 0 Å². The summed E-state index contributed by atoms with van der Waals surface area (Å²) in [6.45, 7) is 3.45. The predicted molar refractivity (Wildman–Crippen MR) is 106 cm³/mol. The van der Waals surface area contributed by atoms with Gasteiger partial charge in [-0.15, -0.1) is 0 Å². The second-order valence-electron chi connectivity index (χ2n) is 6.15. The molecule has 0 bridgehead atoms. The van der Waals surface area contributed by atoms with Crippen molar-refractivity contribution < 1.29 is 4.79 Å². The number of carbonyl (C=O) groups excluding carboxylic acids is 1. The van der Waals surface area contributed by atoms with Gasteiger partial charge in [0.15, 0.2) is 11.4 Å². The first-order valence-corrected chi connectivity index (χ1v) is 9.06. The van der Waals surface area contributed by atoms with Crippen molar-refractivity contribution >= 4 is 27.4 Å². The van der Waals surface area contributed by atoms with Gasteiger partial charge in [-0.05, 0) is 31.5 Å². The number of hydrogen-bond acceptors (Lipinski definition) is 3. The Morgan fingerprint density at radius 2 is 1.77 bits per heavy atom. The molecule has 4 nitrogen and oxygen atoms in total. The molecule has 26 heavy (non-hydrogen) atoms. The maximum absolute atomic E-state index is 11.9. The van der Waals surface area contributed by atoms with Crippen molar-refractivity contribution in [3.63, 3.8) is 0 Å². The molecule has 0 aliphatic heterocycles. The number of aryl methyl sites for hydroxylation is 1. The number of fused-ring (bicyclic) bond motifs is 1. The number of carbonyl (C=O) groups is 1. The van der Waals surface area contributed by atoms with E-state index in [1.54, 1.807) is 17.6 Å². The monoisotopic (exact) mass is 405 g/mol. The van der Waals surface area contributed by atoms with Crippen LogP contribution in [0.4, 0.5) is 0 Å². The zero-order chi connectivity index (χ0) is 18.3. The van der Waals surface area contributed by atoms with Crippen molar-refractivity contribution in [2.24, 2.45) is 0 Å². The Morgan fingerprint density at radius 3 is 2.46 bits per heavy atom. The lowest BCUT2D eigenvalue weighted by Crippen LogP contribution is -2.05. The number of benzene rings is 2. The molecule has 5 heteroatoms. The third-order valence-corrected chi connectivity index (χ3v) is 4.92. The van der Waals surface area contributed by atoms with Gasteiger partial charge in [-0.25, -0.2) is 9.50 Å². The summed E-state index contributed by atoms with van der Waals surface area (Å²) < 4.78 is 2.76. The Morgan fingerprint density at radius 1 is 1.04 bits per heavy atom. The van der Waals surface area contributed by atoms with Crippen molar-refractivity contribution in [3.8, 4) is 22.4 Å². The lowest BCUT2D eigenvalue weighted by Gasteiger charge is -2.05. The van der Waals surface area contributed by atoms with Crippen LogP contribution in [0.3, 0.4) is 0 Å². The zero-order valence-corrected chi connectivity index (χ0v) is 16.0. The molecule has 2 aromatic heterocycles. The van der Waals surface area contributed by atoms with Crippen LogP contribution in [0.2, 0.25) is 0 Å². The SMILES string of the molecule is CC(=O)c1cnc2c(-c3ccccc3)c(-c3cccc(Br)c3)nn2c1C. The van der Waals surface area contributed by atoms with Gasteiger partial charge in [0.1, 0.15) is 5.69 Å². The maximum atomic E-state index is 11.9. The van der Waals surface area contributed by atoms with Crippen molar-refractivity contribution in [1.29, 1.82) is 0 Å². The molecule has 0 fully saturated rings. The van der Waals surface area contributed by atoms with E-state index in [0.29, 0.717) is 5.56 Å². The number of hydrogen-bond donors (Lipinski definition) is 0. The third kappa shape index (κ3) is 2.74. The molecule has 4 rings (SSSR count). The van der Waals surface area contributed by atoms with Crippen molar-refractivity contribution in [2.75, 3.05) is 0 Å². The van der Waals surface area contributed by atoms with E-state index in [1.807, 2.05) is 61.5 Å². The van der Waals surface area contributed by atoms with Gasteiger partial charge in [0.2, 0.25) is 0 Å². The van der Waals surface area contributed by atoms with E-state index in [9.17, 15) is 4.79 Å². The molecule has 0 aliphatic carbocycles. The molecule has 0 amide bonds. The van der Waals surface area contributed by atoms with Crippen molar-refractivity contribution in [3.05, 3.63) is 76.5 Å². The molecule has 2 heterocycles. The molecule has 128 valence electrons. The molecule has 0 aliphatic rings. The summed E-state index contributed by atoms with van der Waals surface area (Å²) in [7, 11) is 0. The summed E-state index contributed by atoms with van der Waals surface area (Å²) in [4.78, 5) is 16.5. The maximum Gasteiger partial charge on any atom is 0.163 e. The Labute approximate surface area is 159 Å². The van der Waals surface area contributed by atoms with E-state index in [4.69, 9.17) is 5.10 Å². The highest BCUT2D eigenvalue weighted by Gasteiger charge is 2.20. The lowest BCUT2D eigenvalue weighted by molar-refractivity contribution is 0.101. The van der Waals surface area contributed by atoms with Crippen LogP contribution < -0.4 is 0 Å². The average molecular weight is 406 g/mol. The van der Waals surface area contributed by atoms with E-state index in [1.165, 1.54) is 0 Å². The topological polar surface area (TPSA) is 47.3 Å². The molecule has 0 saturated carbocycles. The number of ketones is 1. The number of aromatic nitrogens is 3. The first-order chi connectivity index (χ1) is 12.6. The number of nitrogens with zero attached hydrogens (tertiary/aromatic N) is 3. The zero-order valence-electron chi connectivity index (χ0n) is 14.4. The van der Waals surface area contributed by atoms with Gasteiger partial charge in [0, 0.05) is 16.2 Å². The highest BCUT2D eigenvalue weighted by atomic mass is 79.9. The second-order valence-corrected chi connectivity index (χ2v) is 7.06. The normalized spacial score (nSPS) is 11.0. The number of Topliss-reactive ketones (excluding diaryl/α,β-unsaturated/α-hetero) is 1. The van der Waals surface area contributed by atoms with Crippen molar-refractivity contribution in [1.82, 2.24) is 14.6 Å². The molecule has 2 aromatic carbocycles. The average Bonchev–Trinajstić information content (AvgIpc) is 3.03. The fourth-order valence-corrected chi connectivity index (χ4v) is 3.55. The summed E-state index contributed by atoms with van der Waals surface area (Å²) in [5, 5.41) is 4.82. The quantitative estimate of drug-likeness (QED) is 0.432. The van der Waals surface area contributed by atoms with Gasteiger partial charge < -0.3 is 0 Å². The molecule has 0 unspecified atom stereocenters. The minimum absolute atomic E-state index is 0.0160.